The lowest BCUT2D eigenvalue weighted by atomic mass is 10.0. The Labute approximate surface area is 100.0 Å². The second kappa shape index (κ2) is 5.24. The third-order valence-electron chi connectivity index (χ3n) is 2.18. The van der Waals surface area contributed by atoms with E-state index >= 15 is 0 Å². The van der Waals surface area contributed by atoms with E-state index in [1.807, 2.05) is 0 Å². The van der Waals surface area contributed by atoms with Crippen molar-refractivity contribution >= 4 is 5.97 Å². The molecule has 0 saturated heterocycles. The van der Waals surface area contributed by atoms with E-state index < -0.39 is 47.7 Å². The number of alkyl halides is 2. The maximum Gasteiger partial charge on any atom is 0.309 e. The van der Waals surface area contributed by atoms with E-state index in [4.69, 9.17) is 5.11 Å². The largest absolute Gasteiger partial charge is 0.494 e. The van der Waals surface area contributed by atoms with E-state index in [9.17, 15) is 22.4 Å². The normalized spacial score (nSPS) is 11.4. The van der Waals surface area contributed by atoms with Crippen molar-refractivity contribution in [3.05, 3.63) is 29.3 Å². The van der Waals surface area contributed by atoms with Crippen LogP contribution in [0.5, 0.6) is 5.75 Å². The molecule has 0 bridgehead atoms. The van der Waals surface area contributed by atoms with Crippen LogP contribution in [0.3, 0.4) is 0 Å². The smallest absolute Gasteiger partial charge is 0.309 e. The first-order valence-corrected chi connectivity index (χ1v) is 4.86. The maximum absolute atomic E-state index is 13.4. The summed E-state index contributed by atoms with van der Waals surface area (Å²) in [6.07, 6.45) is -2.63. The van der Waals surface area contributed by atoms with Gasteiger partial charge < -0.3 is 9.84 Å². The highest BCUT2D eigenvalue weighted by Gasteiger charge is 2.34. The first-order chi connectivity index (χ1) is 8.25. The van der Waals surface area contributed by atoms with Gasteiger partial charge >= 0.3 is 5.97 Å². The van der Waals surface area contributed by atoms with Crippen LogP contribution in [0.25, 0.3) is 0 Å². The molecule has 0 saturated carbocycles. The Morgan fingerprint density at radius 3 is 2.44 bits per heavy atom. The third-order valence-corrected chi connectivity index (χ3v) is 2.18. The van der Waals surface area contributed by atoms with Gasteiger partial charge in [-0.2, -0.15) is 0 Å². The first kappa shape index (κ1) is 14.3. The summed E-state index contributed by atoms with van der Waals surface area (Å²) in [4.78, 5) is 10.2. The van der Waals surface area contributed by atoms with Gasteiger partial charge in [-0.15, -0.1) is 0 Å². The highest BCUT2D eigenvalue weighted by Crippen LogP contribution is 2.28. The zero-order chi connectivity index (χ0) is 13.9. The first-order valence-electron chi connectivity index (χ1n) is 4.86. The Morgan fingerprint density at radius 1 is 1.33 bits per heavy atom. The molecule has 0 spiro atoms. The molecule has 1 rings (SSSR count). The molecule has 3 nitrogen and oxygen atoms in total. The van der Waals surface area contributed by atoms with Crippen LogP contribution in [0.2, 0.25) is 0 Å². The number of hydrogen-bond donors (Lipinski definition) is 1. The molecule has 0 aliphatic heterocycles. The summed E-state index contributed by atoms with van der Waals surface area (Å²) in [5.41, 5.74) is -0.598. The molecule has 0 atom stereocenters. The molecule has 0 aliphatic rings. The van der Waals surface area contributed by atoms with Gasteiger partial charge in [-0.3, -0.25) is 4.79 Å². The molecular weight excluding hydrogens is 256 g/mol. The van der Waals surface area contributed by atoms with Crippen molar-refractivity contribution in [2.75, 3.05) is 7.11 Å². The van der Waals surface area contributed by atoms with Gasteiger partial charge in [-0.25, -0.2) is 17.6 Å². The molecule has 1 N–H and O–H groups in total. The minimum atomic E-state index is -3.65. The van der Waals surface area contributed by atoms with Crippen LogP contribution in [0.1, 0.15) is 12.0 Å². The van der Waals surface area contributed by atoms with Crippen LogP contribution >= 0.6 is 0 Å². The summed E-state index contributed by atoms with van der Waals surface area (Å²) in [5, 5.41) is 8.27. The van der Waals surface area contributed by atoms with Crippen LogP contribution in [-0.2, 0) is 11.2 Å². The van der Waals surface area contributed by atoms with Crippen LogP contribution in [0.15, 0.2) is 12.1 Å². The van der Waals surface area contributed by atoms with Crippen LogP contribution in [0.4, 0.5) is 17.6 Å². The summed E-state index contributed by atoms with van der Waals surface area (Å²) < 4.78 is 57.4. The predicted molar refractivity (Wildman–Crippen MR) is 53.8 cm³/mol. The molecule has 1 aromatic rings. The fourth-order valence-corrected chi connectivity index (χ4v) is 1.42. The number of hydrogen-bond acceptors (Lipinski definition) is 2. The number of benzene rings is 1. The number of halogens is 4. The molecule has 0 radical (unpaired) electrons. The minimum absolute atomic E-state index is 0.405. The van der Waals surface area contributed by atoms with Gasteiger partial charge in [0.05, 0.1) is 7.11 Å². The Morgan fingerprint density at radius 2 is 1.94 bits per heavy atom. The van der Waals surface area contributed by atoms with Crippen LogP contribution < -0.4 is 4.74 Å². The molecule has 0 aliphatic carbocycles. The van der Waals surface area contributed by atoms with Gasteiger partial charge in [0.25, 0.3) is 5.92 Å². The molecule has 18 heavy (non-hydrogen) atoms. The van der Waals surface area contributed by atoms with Gasteiger partial charge in [0.2, 0.25) is 0 Å². The molecule has 0 heterocycles. The highest BCUT2D eigenvalue weighted by atomic mass is 19.3. The zero-order valence-corrected chi connectivity index (χ0v) is 9.34. The molecule has 0 fully saturated rings. The molecule has 0 unspecified atom stereocenters. The quantitative estimate of drug-likeness (QED) is 0.833. The number of aliphatic carboxylic acids is 1. The molecular formula is C11H10F4O3. The van der Waals surface area contributed by atoms with Gasteiger partial charge in [0.15, 0.2) is 11.6 Å². The Balaban J connectivity index is 2.98. The number of carboxylic acids is 1. The summed E-state index contributed by atoms with van der Waals surface area (Å²) in [6.45, 7) is 0. The summed E-state index contributed by atoms with van der Waals surface area (Å²) in [7, 11) is 1.11. The highest BCUT2D eigenvalue weighted by molar-refractivity contribution is 5.67. The molecule has 0 aromatic heterocycles. The van der Waals surface area contributed by atoms with E-state index in [0.717, 1.165) is 7.11 Å². The fourth-order valence-electron chi connectivity index (χ4n) is 1.42. The van der Waals surface area contributed by atoms with Crippen LogP contribution in [-0.4, -0.2) is 24.1 Å². The van der Waals surface area contributed by atoms with E-state index in [1.165, 1.54) is 0 Å². The van der Waals surface area contributed by atoms with E-state index in [1.54, 1.807) is 0 Å². The standard InChI is InChI=1S/C11H10F4O3/c1-18-9-3-7(12)6(2-8(9)13)4-11(14,15)5-10(16)17/h2-3H,4-5H2,1H3,(H,16,17). The lowest BCUT2D eigenvalue weighted by Gasteiger charge is -2.15. The van der Waals surface area contributed by atoms with Gasteiger partial charge in [-0.05, 0) is 11.6 Å². The third kappa shape index (κ3) is 3.61. The SMILES string of the molecule is COc1cc(F)c(CC(F)(F)CC(=O)O)cc1F. The van der Waals surface area contributed by atoms with E-state index in [-0.39, 0.29) is 0 Å². The maximum atomic E-state index is 13.4. The second-order valence-electron chi connectivity index (χ2n) is 3.68. The Kier molecular flexibility index (Phi) is 4.15. The predicted octanol–water partition coefficient (Wildman–Crippen LogP) is 2.63. The van der Waals surface area contributed by atoms with Crippen molar-refractivity contribution in [3.63, 3.8) is 0 Å². The zero-order valence-electron chi connectivity index (χ0n) is 9.34. The number of ether oxygens (including phenoxy) is 1. The van der Waals surface area contributed by atoms with Gasteiger partial charge in [0, 0.05) is 12.5 Å². The lowest BCUT2D eigenvalue weighted by Crippen LogP contribution is -2.24. The summed E-state index contributed by atoms with van der Waals surface area (Å²) in [6, 6.07) is 1.21. The monoisotopic (exact) mass is 266 g/mol. The minimum Gasteiger partial charge on any atom is -0.494 e. The van der Waals surface area contributed by atoms with E-state index in [2.05, 4.69) is 4.74 Å². The van der Waals surface area contributed by atoms with Crippen molar-refractivity contribution in [1.29, 1.82) is 0 Å². The fraction of sp³-hybridized carbons (Fsp3) is 0.364. The molecule has 7 heteroatoms. The van der Waals surface area contributed by atoms with Crippen molar-refractivity contribution in [1.82, 2.24) is 0 Å². The molecule has 100 valence electrons. The average Bonchev–Trinajstić information content (AvgIpc) is 2.20. The Hall–Kier alpha value is -1.79. The summed E-state index contributed by atoms with van der Waals surface area (Å²) >= 11 is 0. The Bertz CT molecular complexity index is 460. The van der Waals surface area contributed by atoms with Gasteiger partial charge in [-0.1, -0.05) is 0 Å². The topological polar surface area (TPSA) is 46.5 Å². The second-order valence-corrected chi connectivity index (χ2v) is 3.68. The van der Waals surface area contributed by atoms with Gasteiger partial charge in [0.1, 0.15) is 12.2 Å². The molecule has 0 amide bonds. The summed E-state index contributed by atoms with van der Waals surface area (Å²) in [5.74, 6) is -7.82. The van der Waals surface area contributed by atoms with Crippen LogP contribution in [0, 0.1) is 11.6 Å². The number of carbonyl (C=O) groups is 1. The van der Waals surface area contributed by atoms with E-state index in [0.29, 0.717) is 12.1 Å². The van der Waals surface area contributed by atoms with Crippen molar-refractivity contribution in [2.45, 2.75) is 18.8 Å². The van der Waals surface area contributed by atoms with Crippen molar-refractivity contribution in [2.24, 2.45) is 0 Å². The lowest BCUT2D eigenvalue weighted by molar-refractivity contribution is -0.144. The number of rotatable bonds is 5. The number of carboxylic acid groups (broad SMARTS) is 1. The number of methoxy groups -OCH3 is 1. The van der Waals surface area contributed by atoms with Crippen molar-refractivity contribution < 1.29 is 32.2 Å². The van der Waals surface area contributed by atoms with Crippen molar-refractivity contribution in [3.8, 4) is 5.75 Å². The molecule has 1 aromatic carbocycles. The average molecular weight is 266 g/mol.